The monoisotopic (exact) mass is 309 g/mol. The van der Waals surface area contributed by atoms with Crippen LogP contribution in [0.15, 0.2) is 5.10 Å². The molecule has 0 unspecified atom stereocenters. The molecule has 0 aromatic carbocycles. The molecule has 122 valence electrons. The van der Waals surface area contributed by atoms with E-state index in [0.717, 1.165) is 0 Å². The van der Waals surface area contributed by atoms with Crippen LogP contribution in [0.4, 0.5) is 18.0 Å². The molecule has 1 saturated heterocycles. The number of piperidine rings is 1. The van der Waals surface area contributed by atoms with Gasteiger partial charge in [-0.2, -0.15) is 18.3 Å². The van der Waals surface area contributed by atoms with Crippen molar-refractivity contribution in [1.82, 2.24) is 10.3 Å². The highest BCUT2D eigenvalue weighted by Gasteiger charge is 2.56. The van der Waals surface area contributed by atoms with E-state index < -0.39 is 23.4 Å². The Labute approximate surface area is 122 Å². The summed E-state index contributed by atoms with van der Waals surface area (Å²) in [6.45, 7) is 6.62. The van der Waals surface area contributed by atoms with Crippen molar-refractivity contribution in [2.24, 2.45) is 5.10 Å². The molecule has 0 aromatic heterocycles. The molecule has 0 aromatic rings. The highest BCUT2D eigenvalue weighted by Crippen LogP contribution is 2.38. The van der Waals surface area contributed by atoms with Crippen molar-refractivity contribution in [2.45, 2.75) is 57.9 Å². The number of likely N-dealkylation sites (tertiary alicyclic amines) is 1. The molecule has 0 bridgehead atoms. The topological polar surface area (TPSA) is 53.9 Å². The first kappa shape index (κ1) is 17.6. The highest BCUT2D eigenvalue weighted by atomic mass is 19.4. The summed E-state index contributed by atoms with van der Waals surface area (Å²) < 4.78 is 44.9. The lowest BCUT2D eigenvalue weighted by molar-refractivity contribution is -0.208. The number of nitrogens with zero attached hydrogens (tertiary/aromatic N) is 2. The van der Waals surface area contributed by atoms with Crippen LogP contribution < -0.4 is 5.43 Å². The second-order valence-corrected chi connectivity index (χ2v) is 6.05. The largest absolute Gasteiger partial charge is 0.444 e. The number of hydrogen-bond donors (Lipinski definition) is 1. The summed E-state index contributed by atoms with van der Waals surface area (Å²) in [5.41, 5.74) is -0.553. The first-order valence-corrected chi connectivity index (χ1v) is 6.80. The number of ether oxygens (including phenoxy) is 1. The van der Waals surface area contributed by atoms with E-state index in [-0.39, 0.29) is 25.9 Å². The van der Waals surface area contributed by atoms with E-state index in [1.807, 2.05) is 0 Å². The maximum Gasteiger partial charge on any atom is 0.413 e. The van der Waals surface area contributed by atoms with Crippen molar-refractivity contribution >= 4 is 12.3 Å². The van der Waals surface area contributed by atoms with E-state index in [1.54, 1.807) is 20.8 Å². The fourth-order valence-electron chi connectivity index (χ4n) is 2.04. The van der Waals surface area contributed by atoms with E-state index in [0.29, 0.717) is 0 Å². The maximum absolute atomic E-state index is 13.2. The molecule has 8 heteroatoms. The van der Waals surface area contributed by atoms with E-state index >= 15 is 0 Å². The maximum atomic E-state index is 13.2. The molecule has 21 heavy (non-hydrogen) atoms. The van der Waals surface area contributed by atoms with Crippen LogP contribution in [0.1, 0.15) is 40.5 Å². The third-order valence-electron chi connectivity index (χ3n) is 3.22. The first-order valence-electron chi connectivity index (χ1n) is 6.80. The van der Waals surface area contributed by atoms with Crippen molar-refractivity contribution in [3.8, 4) is 0 Å². The van der Waals surface area contributed by atoms with Crippen molar-refractivity contribution in [1.29, 1.82) is 0 Å². The number of hydrogen-bond acceptors (Lipinski definition) is 4. The zero-order valence-electron chi connectivity index (χ0n) is 12.8. The van der Waals surface area contributed by atoms with Gasteiger partial charge < -0.3 is 9.64 Å². The number of carbonyl (C=O) groups is 1. The molecule has 0 atom stereocenters. The van der Waals surface area contributed by atoms with Gasteiger partial charge in [0.05, 0.1) is 0 Å². The van der Waals surface area contributed by atoms with Gasteiger partial charge in [0.15, 0.2) is 5.54 Å². The molecule has 1 aliphatic rings. The third-order valence-corrected chi connectivity index (χ3v) is 3.22. The average Bonchev–Trinajstić information content (AvgIpc) is 2.33. The van der Waals surface area contributed by atoms with Gasteiger partial charge in [0.25, 0.3) is 0 Å². The fraction of sp³-hybridized carbons (Fsp3) is 0.846. The molecule has 0 spiro atoms. The van der Waals surface area contributed by atoms with Crippen LogP contribution in [-0.4, -0.2) is 47.6 Å². The van der Waals surface area contributed by atoms with Crippen molar-refractivity contribution in [3.63, 3.8) is 0 Å². The van der Waals surface area contributed by atoms with E-state index in [2.05, 4.69) is 10.5 Å². The number of nitrogens with one attached hydrogen (secondary N) is 1. The van der Waals surface area contributed by atoms with Crippen LogP contribution in [0, 0.1) is 0 Å². The Balaban J connectivity index is 2.73. The van der Waals surface area contributed by atoms with Crippen LogP contribution in [-0.2, 0) is 4.74 Å². The van der Waals surface area contributed by atoms with Gasteiger partial charge in [-0.05, 0) is 40.5 Å². The Kier molecular flexibility index (Phi) is 5.11. The van der Waals surface area contributed by atoms with Gasteiger partial charge in [-0.15, -0.1) is 0 Å². The number of amides is 1. The molecule has 5 nitrogen and oxygen atoms in total. The summed E-state index contributed by atoms with van der Waals surface area (Å²) in [5, 5.41) is 3.53. The molecule has 0 radical (unpaired) electrons. The van der Waals surface area contributed by atoms with Crippen LogP contribution >= 0.6 is 0 Å². The molecule has 1 heterocycles. The lowest BCUT2D eigenvalue weighted by Gasteiger charge is -2.42. The SMILES string of the molecule is C/C=N\NC1(C(F)(F)F)CCN(C(=O)OC(C)(C)C)CC1. The van der Waals surface area contributed by atoms with Crippen molar-refractivity contribution in [3.05, 3.63) is 0 Å². The van der Waals surface area contributed by atoms with Crippen LogP contribution in [0.2, 0.25) is 0 Å². The Morgan fingerprint density at radius 3 is 2.19 bits per heavy atom. The van der Waals surface area contributed by atoms with E-state index in [1.165, 1.54) is 18.0 Å². The van der Waals surface area contributed by atoms with Crippen LogP contribution in [0.5, 0.6) is 0 Å². The number of carbonyl (C=O) groups excluding carboxylic acids is 1. The molecule has 1 amide bonds. The smallest absolute Gasteiger partial charge is 0.413 e. The lowest BCUT2D eigenvalue weighted by atomic mass is 9.87. The minimum atomic E-state index is -4.43. The number of rotatable bonds is 2. The van der Waals surface area contributed by atoms with Crippen molar-refractivity contribution in [2.75, 3.05) is 13.1 Å². The van der Waals surface area contributed by atoms with Crippen LogP contribution in [0.25, 0.3) is 0 Å². The minimum Gasteiger partial charge on any atom is -0.444 e. The normalized spacial score (nSPS) is 19.7. The highest BCUT2D eigenvalue weighted by molar-refractivity contribution is 5.68. The summed E-state index contributed by atoms with van der Waals surface area (Å²) in [5.74, 6) is 0. The Morgan fingerprint density at radius 1 is 1.29 bits per heavy atom. The number of alkyl halides is 3. The third kappa shape index (κ3) is 4.50. The molecular weight excluding hydrogens is 287 g/mol. The van der Waals surface area contributed by atoms with E-state index in [9.17, 15) is 18.0 Å². The van der Waals surface area contributed by atoms with Crippen molar-refractivity contribution < 1.29 is 22.7 Å². The van der Waals surface area contributed by atoms with Gasteiger partial charge in [0.1, 0.15) is 5.60 Å². The summed E-state index contributed by atoms with van der Waals surface area (Å²) in [6.07, 6.45) is -4.26. The Bertz CT molecular complexity index is 394. The summed E-state index contributed by atoms with van der Waals surface area (Å²) >= 11 is 0. The molecule has 1 N–H and O–H groups in total. The fourth-order valence-corrected chi connectivity index (χ4v) is 2.04. The standard InChI is InChI=1S/C13H22F3N3O2/c1-5-17-18-12(13(14,15)16)6-8-19(9-7-12)10(20)21-11(2,3)4/h5,18H,6-9H2,1-4H3/b17-5-. The van der Waals surface area contributed by atoms with Gasteiger partial charge >= 0.3 is 12.3 Å². The molecule has 1 aliphatic heterocycles. The number of halogens is 3. The van der Waals surface area contributed by atoms with Gasteiger partial charge in [0.2, 0.25) is 0 Å². The molecule has 0 aliphatic carbocycles. The quantitative estimate of drug-likeness (QED) is 0.630. The first-order chi connectivity index (χ1) is 9.51. The van der Waals surface area contributed by atoms with Crippen LogP contribution in [0.3, 0.4) is 0 Å². The molecular formula is C13H22F3N3O2. The second kappa shape index (κ2) is 6.11. The minimum absolute atomic E-state index is 0.0271. The summed E-state index contributed by atoms with van der Waals surface area (Å²) in [7, 11) is 0. The molecule has 1 rings (SSSR count). The predicted octanol–water partition coefficient (Wildman–Crippen LogP) is 2.91. The van der Waals surface area contributed by atoms with Gasteiger partial charge in [-0.3, -0.25) is 5.43 Å². The average molecular weight is 309 g/mol. The predicted molar refractivity (Wildman–Crippen MR) is 73.1 cm³/mol. The summed E-state index contributed by atoms with van der Waals surface area (Å²) in [4.78, 5) is 13.2. The van der Waals surface area contributed by atoms with E-state index in [4.69, 9.17) is 4.74 Å². The summed E-state index contributed by atoms with van der Waals surface area (Å²) in [6, 6.07) is 0. The zero-order valence-corrected chi connectivity index (χ0v) is 12.8. The number of hydrazone groups is 1. The molecule has 0 saturated carbocycles. The van der Waals surface area contributed by atoms with Gasteiger partial charge in [-0.25, -0.2) is 4.79 Å². The second-order valence-electron chi connectivity index (χ2n) is 6.05. The Hall–Kier alpha value is -1.47. The zero-order chi connectivity index (χ0) is 16.3. The van der Waals surface area contributed by atoms with Gasteiger partial charge in [-0.1, -0.05) is 0 Å². The lowest BCUT2D eigenvalue weighted by Crippen LogP contribution is -2.61. The van der Waals surface area contributed by atoms with Gasteiger partial charge in [0, 0.05) is 19.3 Å². The Morgan fingerprint density at radius 2 is 1.81 bits per heavy atom. The molecule has 1 fully saturated rings.